The molecular weight excluding hydrogens is 372 g/mol. The minimum absolute atomic E-state index is 0.138. The van der Waals surface area contributed by atoms with Crippen molar-refractivity contribution < 1.29 is 13.5 Å². The summed E-state index contributed by atoms with van der Waals surface area (Å²) in [6.07, 6.45) is 3.15. The number of fused-ring (bicyclic) bond motifs is 1. The Bertz CT molecular complexity index is 992. The summed E-state index contributed by atoms with van der Waals surface area (Å²) in [5, 5.41) is 10.8. The van der Waals surface area contributed by atoms with E-state index in [1.54, 1.807) is 12.1 Å². The van der Waals surface area contributed by atoms with Crippen LogP contribution in [0.4, 0.5) is 5.69 Å². The van der Waals surface area contributed by atoms with Gasteiger partial charge in [-0.1, -0.05) is 36.4 Å². The molecule has 0 radical (unpaired) electrons. The lowest BCUT2D eigenvalue weighted by Gasteiger charge is -2.27. The molecule has 2 aliphatic heterocycles. The summed E-state index contributed by atoms with van der Waals surface area (Å²) < 4.78 is 27.1. The number of aliphatic hydroxyl groups excluding tert-OH is 1. The highest BCUT2D eigenvalue weighted by atomic mass is 32.2. The standard InChI is InChI=1S/C22H26N2O3S/c25-21-15-24(20-7-2-1-3-8-20)28(26,27)22(21)11-12-23(16-22)14-17-9-10-18-5-4-6-19(18)13-17/h1-3,7-10,13,21,25H,4-6,11-12,14-16H2/t21-,22+/m0/s1. The second-order valence-corrected chi connectivity index (χ2v) is 10.6. The smallest absolute Gasteiger partial charge is 0.244 e. The average Bonchev–Trinajstić information content (AvgIpc) is 3.37. The fourth-order valence-electron chi connectivity index (χ4n) is 5.13. The summed E-state index contributed by atoms with van der Waals surface area (Å²) in [5.74, 6) is 0. The van der Waals surface area contributed by atoms with Crippen LogP contribution < -0.4 is 4.31 Å². The summed E-state index contributed by atoms with van der Waals surface area (Å²) in [7, 11) is -3.62. The number of anilines is 1. The van der Waals surface area contributed by atoms with Crippen molar-refractivity contribution in [3.8, 4) is 0 Å². The van der Waals surface area contributed by atoms with E-state index >= 15 is 0 Å². The third-order valence-electron chi connectivity index (χ3n) is 6.71. The average molecular weight is 399 g/mol. The van der Waals surface area contributed by atoms with Crippen molar-refractivity contribution in [2.24, 2.45) is 0 Å². The van der Waals surface area contributed by atoms with Crippen LogP contribution in [0.3, 0.4) is 0 Å². The Morgan fingerprint density at radius 2 is 1.86 bits per heavy atom. The van der Waals surface area contributed by atoms with E-state index in [2.05, 4.69) is 23.1 Å². The molecule has 148 valence electrons. The van der Waals surface area contributed by atoms with Gasteiger partial charge in [-0.2, -0.15) is 0 Å². The van der Waals surface area contributed by atoms with Gasteiger partial charge in [-0.05, 0) is 54.5 Å². The number of benzene rings is 2. The number of sulfonamides is 1. The van der Waals surface area contributed by atoms with E-state index in [9.17, 15) is 13.5 Å². The van der Waals surface area contributed by atoms with Crippen molar-refractivity contribution in [3.63, 3.8) is 0 Å². The maximum absolute atomic E-state index is 13.4. The second kappa shape index (κ2) is 6.58. The van der Waals surface area contributed by atoms with E-state index < -0.39 is 20.9 Å². The Morgan fingerprint density at radius 3 is 2.68 bits per heavy atom. The van der Waals surface area contributed by atoms with Gasteiger partial charge in [0.25, 0.3) is 0 Å². The van der Waals surface area contributed by atoms with Gasteiger partial charge in [0.15, 0.2) is 0 Å². The molecule has 0 saturated carbocycles. The van der Waals surface area contributed by atoms with E-state index in [1.165, 1.54) is 33.8 Å². The lowest BCUT2D eigenvalue weighted by Crippen LogP contribution is -2.47. The summed E-state index contributed by atoms with van der Waals surface area (Å²) >= 11 is 0. The molecule has 28 heavy (non-hydrogen) atoms. The second-order valence-electron chi connectivity index (χ2n) is 8.37. The first-order chi connectivity index (χ1) is 13.5. The minimum Gasteiger partial charge on any atom is -0.389 e. The first-order valence-corrected chi connectivity index (χ1v) is 11.5. The third-order valence-corrected chi connectivity index (χ3v) is 9.28. The molecule has 0 aromatic heterocycles. The molecule has 1 spiro atoms. The highest BCUT2D eigenvalue weighted by molar-refractivity contribution is 7.94. The van der Waals surface area contributed by atoms with Crippen LogP contribution in [0.15, 0.2) is 48.5 Å². The SMILES string of the molecule is O=S1(=O)N(c2ccccc2)C[C@H](O)[C@]12CCN(Cc1ccc3c(c1)CCC3)C2. The molecule has 1 aliphatic carbocycles. The van der Waals surface area contributed by atoms with Crippen molar-refractivity contribution in [3.05, 3.63) is 65.2 Å². The van der Waals surface area contributed by atoms with Crippen LogP contribution in [0.5, 0.6) is 0 Å². The number of aliphatic hydroxyl groups is 1. The minimum atomic E-state index is -3.62. The zero-order valence-electron chi connectivity index (χ0n) is 15.9. The molecule has 2 heterocycles. The van der Waals surface area contributed by atoms with Gasteiger partial charge in [-0.25, -0.2) is 8.42 Å². The maximum Gasteiger partial charge on any atom is 0.244 e. The maximum atomic E-state index is 13.4. The summed E-state index contributed by atoms with van der Waals surface area (Å²) in [5.41, 5.74) is 4.77. The van der Waals surface area contributed by atoms with Crippen LogP contribution in [-0.2, 0) is 29.4 Å². The number of aryl methyl sites for hydroxylation is 2. The van der Waals surface area contributed by atoms with Crippen molar-refractivity contribution in [1.82, 2.24) is 4.90 Å². The molecule has 2 aromatic rings. The number of hydrogen-bond acceptors (Lipinski definition) is 4. The van der Waals surface area contributed by atoms with Gasteiger partial charge in [0.05, 0.1) is 18.3 Å². The van der Waals surface area contributed by atoms with Crippen molar-refractivity contribution in [1.29, 1.82) is 0 Å². The van der Waals surface area contributed by atoms with Gasteiger partial charge in [0.2, 0.25) is 10.0 Å². The van der Waals surface area contributed by atoms with E-state index in [0.717, 1.165) is 13.0 Å². The van der Waals surface area contributed by atoms with Crippen molar-refractivity contribution in [2.75, 3.05) is 23.9 Å². The number of rotatable bonds is 3. The molecule has 2 aromatic carbocycles. The Morgan fingerprint density at radius 1 is 1.07 bits per heavy atom. The van der Waals surface area contributed by atoms with E-state index in [0.29, 0.717) is 25.2 Å². The number of nitrogens with zero attached hydrogens (tertiary/aromatic N) is 2. The predicted molar refractivity (Wildman–Crippen MR) is 110 cm³/mol. The molecule has 1 N–H and O–H groups in total. The van der Waals surface area contributed by atoms with Crippen molar-refractivity contribution >= 4 is 15.7 Å². The van der Waals surface area contributed by atoms with E-state index in [4.69, 9.17) is 0 Å². The third kappa shape index (κ3) is 2.70. The largest absolute Gasteiger partial charge is 0.389 e. The molecule has 2 atom stereocenters. The molecule has 5 rings (SSSR count). The Balaban J connectivity index is 1.38. The number of likely N-dealkylation sites (tertiary alicyclic amines) is 1. The molecule has 2 fully saturated rings. The normalized spacial score (nSPS) is 28.9. The summed E-state index contributed by atoms with van der Waals surface area (Å²) in [4.78, 5) is 2.19. The lowest BCUT2D eigenvalue weighted by atomic mass is 10.0. The molecule has 0 unspecified atom stereocenters. The lowest BCUT2D eigenvalue weighted by molar-refractivity contribution is 0.143. The van der Waals surface area contributed by atoms with Crippen molar-refractivity contribution in [2.45, 2.75) is 43.1 Å². The number of β-amino-alcohol motifs (C(OH)–C–C–N with tert-alkyl or cyclic N) is 1. The van der Waals surface area contributed by atoms with Crippen LogP contribution in [0.25, 0.3) is 0 Å². The zero-order chi connectivity index (χ0) is 19.4. The molecule has 0 amide bonds. The molecule has 0 bridgehead atoms. The fraction of sp³-hybridized carbons (Fsp3) is 0.455. The first-order valence-electron chi connectivity index (χ1n) is 10.1. The molecule has 5 nitrogen and oxygen atoms in total. The zero-order valence-corrected chi connectivity index (χ0v) is 16.7. The van der Waals surface area contributed by atoms with Gasteiger partial charge in [0.1, 0.15) is 4.75 Å². The topological polar surface area (TPSA) is 60.9 Å². The Labute approximate surface area is 166 Å². The quantitative estimate of drug-likeness (QED) is 0.862. The van der Waals surface area contributed by atoms with Gasteiger partial charge < -0.3 is 5.11 Å². The van der Waals surface area contributed by atoms with Crippen LogP contribution >= 0.6 is 0 Å². The van der Waals surface area contributed by atoms with Gasteiger partial charge >= 0.3 is 0 Å². The van der Waals surface area contributed by atoms with Crippen LogP contribution in [0.1, 0.15) is 29.5 Å². The molecule has 6 heteroatoms. The summed E-state index contributed by atoms with van der Waals surface area (Å²) in [6.45, 7) is 1.95. The van der Waals surface area contributed by atoms with Crippen LogP contribution in [0.2, 0.25) is 0 Å². The fourth-order valence-corrected chi connectivity index (χ4v) is 7.42. The van der Waals surface area contributed by atoms with Crippen LogP contribution in [-0.4, -0.2) is 48.9 Å². The van der Waals surface area contributed by atoms with Gasteiger partial charge in [-0.3, -0.25) is 9.21 Å². The highest BCUT2D eigenvalue weighted by Crippen LogP contribution is 2.43. The van der Waals surface area contributed by atoms with Gasteiger partial charge in [-0.15, -0.1) is 0 Å². The monoisotopic (exact) mass is 398 g/mol. The van der Waals surface area contributed by atoms with E-state index in [-0.39, 0.29) is 6.54 Å². The summed E-state index contributed by atoms with van der Waals surface area (Å²) in [6, 6.07) is 15.8. The van der Waals surface area contributed by atoms with E-state index in [1.807, 2.05) is 18.2 Å². The van der Waals surface area contributed by atoms with Crippen LogP contribution in [0, 0.1) is 0 Å². The molecule has 3 aliphatic rings. The molecular formula is C22H26N2O3S. The van der Waals surface area contributed by atoms with Gasteiger partial charge in [0, 0.05) is 19.6 Å². The predicted octanol–water partition coefficient (Wildman–Crippen LogP) is 2.33. The highest BCUT2D eigenvalue weighted by Gasteiger charge is 2.61. The molecule has 2 saturated heterocycles. The first kappa shape index (κ1) is 18.2. The Kier molecular flexibility index (Phi) is 4.27. The number of hydrogen-bond donors (Lipinski definition) is 1. The Hall–Kier alpha value is -1.89. The number of para-hydroxylation sites is 1.